The lowest BCUT2D eigenvalue weighted by atomic mass is 10.2. The van der Waals surface area contributed by atoms with Gasteiger partial charge in [-0.1, -0.05) is 0 Å². The second-order valence-electron chi connectivity index (χ2n) is 2.92. The molecule has 1 atom stereocenters. The van der Waals surface area contributed by atoms with Gasteiger partial charge in [0.1, 0.15) is 6.04 Å². The first-order valence-electron chi connectivity index (χ1n) is 4.22. The van der Waals surface area contributed by atoms with Gasteiger partial charge in [-0.2, -0.15) is 13.2 Å². The summed E-state index contributed by atoms with van der Waals surface area (Å²) in [7, 11) is 0. The van der Waals surface area contributed by atoms with Crippen LogP contribution in [-0.4, -0.2) is 40.3 Å². The molecule has 0 saturated carbocycles. The summed E-state index contributed by atoms with van der Waals surface area (Å²) in [5, 5.41) is 16.8. The van der Waals surface area contributed by atoms with Gasteiger partial charge in [0.25, 0.3) is 0 Å². The molecular formula is C7H9F3N2O5. The Bertz CT molecular complexity index is 317. The summed E-state index contributed by atoms with van der Waals surface area (Å²) < 4.78 is 35.2. The van der Waals surface area contributed by atoms with Gasteiger partial charge in [-0.3, -0.25) is 19.8 Å². The van der Waals surface area contributed by atoms with Crippen molar-refractivity contribution in [3.63, 3.8) is 0 Å². The van der Waals surface area contributed by atoms with Crippen molar-refractivity contribution in [2.75, 3.05) is 0 Å². The second-order valence-corrected chi connectivity index (χ2v) is 2.92. The Balaban J connectivity index is 4.24. The van der Waals surface area contributed by atoms with E-state index in [0.717, 1.165) is 5.43 Å². The fraction of sp³-hybridized carbons (Fsp3) is 0.571. The molecule has 0 heterocycles. The molecule has 0 saturated heterocycles. The summed E-state index contributed by atoms with van der Waals surface area (Å²) >= 11 is 0. The molecule has 0 aliphatic heterocycles. The zero-order valence-corrected chi connectivity index (χ0v) is 8.24. The summed E-state index contributed by atoms with van der Waals surface area (Å²) in [6.45, 7) is 0. The van der Waals surface area contributed by atoms with Crippen molar-refractivity contribution in [3.05, 3.63) is 0 Å². The van der Waals surface area contributed by atoms with Crippen LogP contribution in [-0.2, 0) is 14.4 Å². The van der Waals surface area contributed by atoms with E-state index in [1.165, 1.54) is 0 Å². The van der Waals surface area contributed by atoms with E-state index in [0.29, 0.717) is 0 Å². The van der Waals surface area contributed by atoms with Gasteiger partial charge in [0, 0.05) is 6.42 Å². The highest BCUT2D eigenvalue weighted by Crippen LogP contribution is 2.13. The molecule has 4 N–H and O–H groups in total. The molecule has 1 amide bonds. The van der Waals surface area contributed by atoms with Crippen LogP contribution >= 0.6 is 0 Å². The number of nitrogens with one attached hydrogen (secondary N) is 2. The molecule has 0 aliphatic carbocycles. The molecule has 0 aromatic carbocycles. The van der Waals surface area contributed by atoms with E-state index in [2.05, 4.69) is 0 Å². The maximum absolute atomic E-state index is 11.7. The number of halogens is 3. The van der Waals surface area contributed by atoms with Crippen LogP contribution in [0.2, 0.25) is 0 Å². The number of rotatable bonds is 6. The second kappa shape index (κ2) is 6.03. The fourth-order valence-electron chi connectivity index (χ4n) is 0.749. The predicted octanol–water partition coefficient (Wildman–Crippen LogP) is -0.513. The number of carbonyl (C=O) groups excluding carboxylic acids is 1. The summed E-state index contributed by atoms with van der Waals surface area (Å²) in [4.78, 5) is 30.9. The number of hydrogen-bond acceptors (Lipinski definition) is 4. The van der Waals surface area contributed by atoms with Gasteiger partial charge in [-0.15, -0.1) is 0 Å². The maximum atomic E-state index is 11.7. The molecule has 17 heavy (non-hydrogen) atoms. The Kier molecular flexibility index (Phi) is 5.38. The molecular weight excluding hydrogens is 249 g/mol. The SMILES string of the molecule is O=C(O)CC[C@H](NNC(=O)C(F)(F)F)C(=O)O. The smallest absolute Gasteiger partial charge is 0.472 e. The van der Waals surface area contributed by atoms with Crippen LogP contribution < -0.4 is 10.9 Å². The molecule has 0 aromatic rings. The molecule has 0 unspecified atom stereocenters. The summed E-state index contributed by atoms with van der Waals surface area (Å²) in [6, 6.07) is -1.61. The van der Waals surface area contributed by atoms with Gasteiger partial charge >= 0.3 is 24.0 Å². The Labute approximate surface area is 92.6 Å². The Morgan fingerprint density at radius 2 is 1.71 bits per heavy atom. The lowest BCUT2D eigenvalue weighted by molar-refractivity contribution is -0.175. The van der Waals surface area contributed by atoms with Crippen LogP contribution in [0.5, 0.6) is 0 Å². The largest absolute Gasteiger partial charge is 0.481 e. The van der Waals surface area contributed by atoms with E-state index < -0.39 is 42.9 Å². The van der Waals surface area contributed by atoms with Gasteiger partial charge in [0.2, 0.25) is 0 Å². The van der Waals surface area contributed by atoms with Crippen molar-refractivity contribution in [1.82, 2.24) is 10.9 Å². The number of alkyl halides is 3. The highest BCUT2D eigenvalue weighted by atomic mass is 19.4. The van der Waals surface area contributed by atoms with Crippen LogP contribution in [0, 0.1) is 0 Å². The number of hydrogen-bond donors (Lipinski definition) is 4. The van der Waals surface area contributed by atoms with Gasteiger partial charge in [0.15, 0.2) is 0 Å². The molecule has 0 aromatic heterocycles. The highest BCUT2D eigenvalue weighted by molar-refractivity contribution is 5.82. The molecule has 0 rings (SSSR count). The topological polar surface area (TPSA) is 116 Å². The number of carboxylic acids is 2. The number of hydrazine groups is 1. The van der Waals surface area contributed by atoms with Crippen LogP contribution in [0.15, 0.2) is 0 Å². The maximum Gasteiger partial charge on any atom is 0.472 e. The number of carbonyl (C=O) groups is 3. The number of carboxylic acid groups (broad SMARTS) is 2. The summed E-state index contributed by atoms with van der Waals surface area (Å²) in [5.74, 6) is -5.24. The Morgan fingerprint density at radius 3 is 2.06 bits per heavy atom. The molecule has 0 spiro atoms. The van der Waals surface area contributed by atoms with Gasteiger partial charge in [0.05, 0.1) is 0 Å². The van der Waals surface area contributed by atoms with Crippen molar-refractivity contribution in [2.45, 2.75) is 25.1 Å². The summed E-state index contributed by atoms with van der Waals surface area (Å²) in [5.41, 5.74) is 2.74. The molecule has 98 valence electrons. The van der Waals surface area contributed by atoms with Crippen molar-refractivity contribution >= 4 is 17.8 Å². The molecule has 10 heteroatoms. The zero-order chi connectivity index (χ0) is 13.6. The normalized spacial score (nSPS) is 12.9. The van der Waals surface area contributed by atoms with E-state index in [1.54, 1.807) is 5.43 Å². The van der Waals surface area contributed by atoms with Crippen molar-refractivity contribution in [2.24, 2.45) is 0 Å². The molecule has 0 fully saturated rings. The third-order valence-electron chi connectivity index (χ3n) is 1.56. The first-order valence-corrected chi connectivity index (χ1v) is 4.22. The minimum atomic E-state index is -5.15. The van der Waals surface area contributed by atoms with Gasteiger partial charge in [-0.25, -0.2) is 5.43 Å². The van der Waals surface area contributed by atoms with E-state index in [9.17, 15) is 27.6 Å². The van der Waals surface area contributed by atoms with Crippen LogP contribution in [0.25, 0.3) is 0 Å². The average molecular weight is 258 g/mol. The summed E-state index contributed by atoms with van der Waals surface area (Å²) in [6.07, 6.45) is -6.18. The minimum Gasteiger partial charge on any atom is -0.481 e. The van der Waals surface area contributed by atoms with E-state index >= 15 is 0 Å². The van der Waals surface area contributed by atoms with E-state index in [-0.39, 0.29) is 0 Å². The zero-order valence-electron chi connectivity index (χ0n) is 8.24. The van der Waals surface area contributed by atoms with E-state index in [4.69, 9.17) is 10.2 Å². The third-order valence-corrected chi connectivity index (χ3v) is 1.56. The van der Waals surface area contributed by atoms with Crippen LogP contribution in [0.4, 0.5) is 13.2 Å². The minimum absolute atomic E-state index is 0.469. The van der Waals surface area contributed by atoms with Crippen LogP contribution in [0.1, 0.15) is 12.8 Å². The van der Waals surface area contributed by atoms with Crippen molar-refractivity contribution < 1.29 is 37.8 Å². The highest BCUT2D eigenvalue weighted by Gasteiger charge is 2.39. The molecule has 0 radical (unpaired) electrons. The lowest BCUT2D eigenvalue weighted by Gasteiger charge is -2.15. The van der Waals surface area contributed by atoms with Gasteiger partial charge in [-0.05, 0) is 6.42 Å². The first kappa shape index (κ1) is 15.2. The molecule has 0 bridgehead atoms. The average Bonchev–Trinajstić information content (AvgIpc) is 2.14. The van der Waals surface area contributed by atoms with E-state index in [1.807, 2.05) is 0 Å². The standard InChI is InChI=1S/C7H9F3N2O5/c8-7(9,10)6(17)12-11-3(5(15)16)1-2-4(13)14/h3,11H,1-2H2,(H,12,17)(H,13,14)(H,15,16)/t3-/m0/s1. The number of amides is 1. The van der Waals surface area contributed by atoms with Crippen molar-refractivity contribution in [3.8, 4) is 0 Å². The number of aliphatic carboxylic acids is 2. The Hall–Kier alpha value is -1.84. The first-order chi connectivity index (χ1) is 7.64. The predicted molar refractivity (Wildman–Crippen MR) is 45.6 cm³/mol. The Morgan fingerprint density at radius 1 is 1.18 bits per heavy atom. The quantitative estimate of drug-likeness (QED) is 0.477. The third kappa shape index (κ3) is 6.35. The molecule has 0 aliphatic rings. The van der Waals surface area contributed by atoms with Crippen LogP contribution in [0.3, 0.4) is 0 Å². The molecule has 7 nitrogen and oxygen atoms in total. The fourth-order valence-corrected chi connectivity index (χ4v) is 0.749. The monoisotopic (exact) mass is 258 g/mol. The van der Waals surface area contributed by atoms with Gasteiger partial charge < -0.3 is 10.2 Å². The lowest BCUT2D eigenvalue weighted by Crippen LogP contribution is -2.52. The van der Waals surface area contributed by atoms with Crippen molar-refractivity contribution in [1.29, 1.82) is 0 Å².